The average molecular weight is 280 g/mol. The van der Waals surface area contributed by atoms with E-state index in [0.717, 1.165) is 0 Å². The first kappa shape index (κ1) is 13.3. The molecule has 1 unspecified atom stereocenters. The largest absolute Gasteiger partial charge is 0.382 e. The standard InChI is InChI=1S/C11H16N6OS/c1-7(6-17-5-3-4-14-17)15-11-8(10(18)13-2)9(12)16-19-11/h3-5,7,15H,6H2,1-2H3,(H2,12,16)(H,13,18). The second-order valence-corrected chi connectivity index (χ2v) is 4.90. The third kappa shape index (κ3) is 3.02. The molecule has 0 radical (unpaired) electrons. The van der Waals surface area contributed by atoms with Crippen molar-refractivity contribution in [1.29, 1.82) is 0 Å². The fourth-order valence-corrected chi connectivity index (χ4v) is 2.53. The van der Waals surface area contributed by atoms with E-state index in [-0.39, 0.29) is 17.8 Å². The number of hydrogen-bond donors (Lipinski definition) is 3. The summed E-state index contributed by atoms with van der Waals surface area (Å²) in [5.41, 5.74) is 6.11. The molecule has 2 aromatic heterocycles. The van der Waals surface area contributed by atoms with Gasteiger partial charge in [0.25, 0.3) is 5.91 Å². The molecule has 2 heterocycles. The number of nitrogens with one attached hydrogen (secondary N) is 2. The lowest BCUT2D eigenvalue weighted by Crippen LogP contribution is -2.25. The first-order chi connectivity index (χ1) is 9.11. The molecule has 1 atom stereocenters. The molecule has 7 nitrogen and oxygen atoms in total. The third-order valence-electron chi connectivity index (χ3n) is 2.57. The minimum Gasteiger partial charge on any atom is -0.382 e. The van der Waals surface area contributed by atoms with Crippen molar-refractivity contribution in [2.75, 3.05) is 18.1 Å². The van der Waals surface area contributed by atoms with Crippen molar-refractivity contribution < 1.29 is 4.79 Å². The van der Waals surface area contributed by atoms with Crippen molar-refractivity contribution in [3.8, 4) is 0 Å². The molecule has 0 saturated heterocycles. The van der Waals surface area contributed by atoms with E-state index < -0.39 is 0 Å². The maximum atomic E-state index is 11.7. The van der Waals surface area contributed by atoms with E-state index in [1.807, 2.05) is 23.9 Å². The number of carbonyl (C=O) groups is 1. The fourth-order valence-electron chi connectivity index (χ4n) is 1.70. The first-order valence-corrected chi connectivity index (χ1v) is 6.60. The summed E-state index contributed by atoms with van der Waals surface area (Å²) in [7, 11) is 1.57. The summed E-state index contributed by atoms with van der Waals surface area (Å²) in [4.78, 5) is 11.7. The molecule has 0 aliphatic carbocycles. The van der Waals surface area contributed by atoms with Gasteiger partial charge in [0, 0.05) is 25.5 Å². The van der Waals surface area contributed by atoms with Crippen molar-refractivity contribution in [1.82, 2.24) is 19.5 Å². The van der Waals surface area contributed by atoms with Crippen LogP contribution in [0.5, 0.6) is 0 Å². The topological polar surface area (TPSA) is 97.9 Å². The van der Waals surface area contributed by atoms with E-state index in [1.54, 1.807) is 13.2 Å². The molecule has 0 aromatic carbocycles. The zero-order valence-electron chi connectivity index (χ0n) is 10.8. The predicted octanol–water partition coefficient (Wildman–Crippen LogP) is 0.782. The molecule has 0 aliphatic heterocycles. The van der Waals surface area contributed by atoms with Gasteiger partial charge in [0.2, 0.25) is 0 Å². The summed E-state index contributed by atoms with van der Waals surface area (Å²) < 4.78 is 5.83. The van der Waals surface area contributed by atoms with Crippen LogP contribution in [0, 0.1) is 0 Å². The highest BCUT2D eigenvalue weighted by atomic mass is 32.1. The minimum absolute atomic E-state index is 0.100. The minimum atomic E-state index is -0.236. The van der Waals surface area contributed by atoms with Gasteiger partial charge in [0.05, 0.1) is 6.54 Å². The maximum Gasteiger partial charge on any atom is 0.257 e. The van der Waals surface area contributed by atoms with Crippen LogP contribution in [-0.4, -0.2) is 33.2 Å². The first-order valence-electron chi connectivity index (χ1n) is 5.83. The molecule has 0 aliphatic rings. The highest BCUT2D eigenvalue weighted by Crippen LogP contribution is 2.27. The van der Waals surface area contributed by atoms with Crippen molar-refractivity contribution in [2.45, 2.75) is 19.5 Å². The lowest BCUT2D eigenvalue weighted by atomic mass is 10.2. The zero-order valence-corrected chi connectivity index (χ0v) is 11.6. The van der Waals surface area contributed by atoms with Crippen molar-refractivity contribution in [3.05, 3.63) is 24.0 Å². The van der Waals surface area contributed by atoms with Gasteiger partial charge in [-0.15, -0.1) is 0 Å². The summed E-state index contributed by atoms with van der Waals surface area (Å²) in [5.74, 6) is 0.0122. The van der Waals surface area contributed by atoms with Crippen molar-refractivity contribution >= 4 is 28.3 Å². The second-order valence-electron chi connectivity index (χ2n) is 4.12. The van der Waals surface area contributed by atoms with Crippen LogP contribution in [0.3, 0.4) is 0 Å². The van der Waals surface area contributed by atoms with Gasteiger partial charge >= 0.3 is 0 Å². The Kier molecular flexibility index (Phi) is 4.00. The van der Waals surface area contributed by atoms with Crippen LogP contribution in [-0.2, 0) is 6.54 Å². The monoisotopic (exact) mass is 280 g/mol. The average Bonchev–Trinajstić information content (AvgIpc) is 2.99. The van der Waals surface area contributed by atoms with Crippen molar-refractivity contribution in [3.63, 3.8) is 0 Å². The molecule has 1 amide bonds. The Balaban J connectivity index is 2.08. The van der Waals surface area contributed by atoms with Gasteiger partial charge in [-0.1, -0.05) is 0 Å². The van der Waals surface area contributed by atoms with Gasteiger partial charge in [-0.05, 0) is 24.5 Å². The van der Waals surface area contributed by atoms with Crippen LogP contribution >= 0.6 is 11.5 Å². The lowest BCUT2D eigenvalue weighted by Gasteiger charge is -2.14. The molecule has 0 saturated carbocycles. The van der Waals surface area contributed by atoms with Gasteiger partial charge in [-0.25, -0.2) is 0 Å². The molecule has 0 bridgehead atoms. The highest BCUT2D eigenvalue weighted by molar-refractivity contribution is 7.11. The molecule has 0 fully saturated rings. The second kappa shape index (κ2) is 5.70. The summed E-state index contributed by atoms with van der Waals surface area (Å²) in [6, 6.07) is 1.97. The molecular formula is C11H16N6OS. The Bertz CT molecular complexity index is 550. The number of hydrogen-bond acceptors (Lipinski definition) is 6. The van der Waals surface area contributed by atoms with E-state index in [9.17, 15) is 4.79 Å². The summed E-state index contributed by atoms with van der Waals surface area (Å²) in [6.45, 7) is 2.70. The molecule has 2 aromatic rings. The third-order valence-corrected chi connectivity index (χ3v) is 3.36. The van der Waals surface area contributed by atoms with Crippen LogP contribution in [0.2, 0.25) is 0 Å². The normalized spacial score (nSPS) is 12.1. The SMILES string of the molecule is CNC(=O)c1c(N)nsc1NC(C)Cn1cccn1. The molecule has 2 rings (SSSR count). The summed E-state index contributed by atoms with van der Waals surface area (Å²) in [5, 5.41) is 10.6. The Morgan fingerprint density at radius 1 is 1.63 bits per heavy atom. The lowest BCUT2D eigenvalue weighted by molar-refractivity contribution is 0.0965. The summed E-state index contributed by atoms with van der Waals surface area (Å²) in [6.07, 6.45) is 3.62. The van der Waals surface area contributed by atoms with E-state index in [0.29, 0.717) is 17.1 Å². The fraction of sp³-hybridized carbons (Fsp3) is 0.364. The van der Waals surface area contributed by atoms with Crippen molar-refractivity contribution in [2.24, 2.45) is 0 Å². The van der Waals surface area contributed by atoms with Gasteiger partial charge in [0.15, 0.2) is 5.82 Å². The zero-order chi connectivity index (χ0) is 13.8. The predicted molar refractivity (Wildman–Crippen MR) is 75.2 cm³/mol. The number of nitrogens with two attached hydrogens (primary N) is 1. The number of anilines is 2. The number of aromatic nitrogens is 3. The van der Waals surface area contributed by atoms with E-state index in [4.69, 9.17) is 5.73 Å². The van der Waals surface area contributed by atoms with Crippen LogP contribution in [0.4, 0.5) is 10.8 Å². The van der Waals surface area contributed by atoms with Gasteiger partial charge in [-0.2, -0.15) is 9.47 Å². The Morgan fingerprint density at radius 2 is 2.42 bits per heavy atom. The van der Waals surface area contributed by atoms with Gasteiger partial charge in [0.1, 0.15) is 10.6 Å². The quantitative estimate of drug-likeness (QED) is 0.752. The van der Waals surface area contributed by atoms with Gasteiger partial charge in [-0.3, -0.25) is 9.48 Å². The molecule has 8 heteroatoms. The molecule has 102 valence electrons. The van der Waals surface area contributed by atoms with Crippen LogP contribution in [0.1, 0.15) is 17.3 Å². The molecular weight excluding hydrogens is 264 g/mol. The molecule has 19 heavy (non-hydrogen) atoms. The smallest absolute Gasteiger partial charge is 0.257 e. The molecule has 0 spiro atoms. The highest BCUT2D eigenvalue weighted by Gasteiger charge is 2.19. The van der Waals surface area contributed by atoms with E-state index in [2.05, 4.69) is 20.1 Å². The Hall–Kier alpha value is -2.09. The Morgan fingerprint density at radius 3 is 3.05 bits per heavy atom. The number of nitrogens with zero attached hydrogens (tertiary/aromatic N) is 3. The Labute approximate surface area is 115 Å². The number of amides is 1. The maximum absolute atomic E-state index is 11.7. The van der Waals surface area contributed by atoms with Crippen LogP contribution in [0.25, 0.3) is 0 Å². The number of rotatable bonds is 5. The molecule has 4 N–H and O–H groups in total. The van der Waals surface area contributed by atoms with Crippen LogP contribution in [0.15, 0.2) is 18.5 Å². The van der Waals surface area contributed by atoms with Gasteiger partial charge < -0.3 is 16.4 Å². The number of carbonyl (C=O) groups excluding carboxylic acids is 1. The van der Waals surface area contributed by atoms with E-state index in [1.165, 1.54) is 11.5 Å². The van der Waals surface area contributed by atoms with E-state index >= 15 is 0 Å². The van der Waals surface area contributed by atoms with Crippen LogP contribution < -0.4 is 16.4 Å². The summed E-state index contributed by atoms with van der Waals surface area (Å²) >= 11 is 1.18. The number of nitrogen functional groups attached to an aromatic ring is 1.